The second-order valence-electron chi connectivity index (χ2n) is 5.31. The Morgan fingerprint density at radius 3 is 2.95 bits per heavy atom. The summed E-state index contributed by atoms with van der Waals surface area (Å²) in [6, 6.07) is 0. The van der Waals surface area contributed by atoms with E-state index in [1.165, 1.54) is 0 Å². The molecule has 7 heteroatoms. The molecular formula is C14H16O7. The fourth-order valence-corrected chi connectivity index (χ4v) is 3.04. The van der Waals surface area contributed by atoms with E-state index in [1.54, 1.807) is 0 Å². The van der Waals surface area contributed by atoms with E-state index in [9.17, 15) is 14.4 Å². The zero-order valence-electron chi connectivity index (χ0n) is 11.4. The van der Waals surface area contributed by atoms with Crippen molar-refractivity contribution in [2.24, 2.45) is 5.92 Å². The Hall–Kier alpha value is -1.89. The molecule has 0 aromatic carbocycles. The topological polar surface area (TPSA) is 88.1 Å². The van der Waals surface area contributed by atoms with E-state index < -0.39 is 24.1 Å². The molecule has 0 radical (unpaired) electrons. The van der Waals surface area contributed by atoms with Crippen molar-refractivity contribution in [3.63, 3.8) is 0 Å². The molecule has 0 aromatic rings. The van der Waals surface area contributed by atoms with Crippen molar-refractivity contribution in [3.8, 4) is 0 Å². The molecule has 0 aliphatic carbocycles. The van der Waals surface area contributed by atoms with Gasteiger partial charge in [0.1, 0.15) is 6.10 Å². The predicted molar refractivity (Wildman–Crippen MR) is 66.9 cm³/mol. The lowest BCUT2D eigenvalue weighted by Gasteiger charge is -2.22. The van der Waals surface area contributed by atoms with E-state index in [0.717, 1.165) is 6.08 Å². The molecule has 2 bridgehead atoms. The average molecular weight is 296 g/mol. The quantitative estimate of drug-likeness (QED) is 0.298. The summed E-state index contributed by atoms with van der Waals surface area (Å²) >= 11 is 0. The van der Waals surface area contributed by atoms with Crippen LogP contribution in [0, 0.1) is 5.92 Å². The molecule has 3 rings (SSSR count). The highest BCUT2D eigenvalue weighted by molar-refractivity contribution is 5.81. The fourth-order valence-electron chi connectivity index (χ4n) is 3.04. The second kappa shape index (κ2) is 5.48. The molecule has 3 saturated heterocycles. The van der Waals surface area contributed by atoms with Gasteiger partial charge in [-0.3, -0.25) is 9.59 Å². The number of hydrogen-bond acceptors (Lipinski definition) is 7. The molecule has 0 amide bonds. The van der Waals surface area contributed by atoms with Crippen molar-refractivity contribution in [2.45, 2.75) is 43.7 Å². The highest BCUT2D eigenvalue weighted by Gasteiger charge is 2.65. The molecule has 7 nitrogen and oxygen atoms in total. The van der Waals surface area contributed by atoms with Gasteiger partial charge in [-0.1, -0.05) is 6.58 Å². The number of ether oxygens (including phenoxy) is 4. The molecule has 21 heavy (non-hydrogen) atoms. The van der Waals surface area contributed by atoms with Crippen LogP contribution >= 0.6 is 0 Å². The molecule has 3 fully saturated rings. The smallest absolute Gasteiger partial charge is 0.330 e. The summed E-state index contributed by atoms with van der Waals surface area (Å²) in [5, 5.41) is 0. The van der Waals surface area contributed by atoms with Crippen LogP contribution in [0.15, 0.2) is 12.7 Å². The Bertz CT molecular complexity index is 486. The first-order valence-corrected chi connectivity index (χ1v) is 6.95. The van der Waals surface area contributed by atoms with E-state index in [4.69, 9.17) is 18.9 Å². The van der Waals surface area contributed by atoms with Gasteiger partial charge >= 0.3 is 17.9 Å². The third kappa shape index (κ3) is 2.53. The molecular weight excluding hydrogens is 280 g/mol. The lowest BCUT2D eigenvalue weighted by molar-refractivity contribution is -0.161. The van der Waals surface area contributed by atoms with Crippen molar-refractivity contribution >= 4 is 17.9 Å². The largest absolute Gasteiger partial charge is 0.463 e. The molecule has 3 heterocycles. The predicted octanol–water partition coefficient (Wildman–Crippen LogP) is 0.120. The van der Waals surface area contributed by atoms with Crippen LogP contribution in [0.2, 0.25) is 0 Å². The van der Waals surface area contributed by atoms with Crippen molar-refractivity contribution < 1.29 is 33.3 Å². The highest BCUT2D eigenvalue weighted by Crippen LogP contribution is 2.47. The number of fused-ring (bicyclic) bond motifs is 1. The maximum Gasteiger partial charge on any atom is 0.330 e. The van der Waals surface area contributed by atoms with Gasteiger partial charge in [-0.25, -0.2) is 4.79 Å². The number of esters is 3. The van der Waals surface area contributed by atoms with E-state index in [2.05, 4.69) is 6.58 Å². The Labute approximate surface area is 121 Å². The molecule has 0 spiro atoms. The zero-order valence-corrected chi connectivity index (χ0v) is 11.4. The van der Waals surface area contributed by atoms with E-state index in [0.29, 0.717) is 12.8 Å². The fraction of sp³-hybridized carbons (Fsp3) is 0.643. The molecule has 0 N–H and O–H groups in total. The van der Waals surface area contributed by atoms with Gasteiger partial charge in [-0.15, -0.1) is 0 Å². The van der Waals surface area contributed by atoms with Crippen LogP contribution < -0.4 is 0 Å². The number of hydrogen-bond donors (Lipinski definition) is 0. The summed E-state index contributed by atoms with van der Waals surface area (Å²) in [7, 11) is 0. The van der Waals surface area contributed by atoms with E-state index >= 15 is 0 Å². The molecule has 5 unspecified atom stereocenters. The lowest BCUT2D eigenvalue weighted by atomic mass is 9.88. The maximum absolute atomic E-state index is 11.8. The van der Waals surface area contributed by atoms with Gasteiger partial charge in [0.15, 0.2) is 12.2 Å². The number of carbonyl (C=O) groups is 3. The normalized spacial score (nSPS) is 35.4. The second-order valence-corrected chi connectivity index (χ2v) is 5.31. The van der Waals surface area contributed by atoms with Gasteiger partial charge < -0.3 is 18.9 Å². The van der Waals surface area contributed by atoms with Crippen LogP contribution in [-0.2, 0) is 33.3 Å². The first kappa shape index (κ1) is 14.1. The van der Waals surface area contributed by atoms with Crippen molar-refractivity contribution in [2.75, 3.05) is 6.61 Å². The van der Waals surface area contributed by atoms with Gasteiger partial charge in [0.05, 0.1) is 18.6 Å². The zero-order chi connectivity index (χ0) is 15.0. The number of carbonyl (C=O) groups excluding carboxylic acids is 3. The van der Waals surface area contributed by atoms with E-state index in [1.807, 2.05) is 0 Å². The summed E-state index contributed by atoms with van der Waals surface area (Å²) in [4.78, 5) is 34.1. The lowest BCUT2D eigenvalue weighted by Crippen LogP contribution is -2.40. The highest BCUT2D eigenvalue weighted by atomic mass is 16.7. The number of rotatable bonds is 6. The van der Waals surface area contributed by atoms with Crippen LogP contribution in [0.25, 0.3) is 0 Å². The summed E-state index contributed by atoms with van der Waals surface area (Å²) in [6.07, 6.45) is 0.609. The van der Waals surface area contributed by atoms with Gasteiger partial charge in [0, 0.05) is 12.5 Å². The Morgan fingerprint density at radius 1 is 1.38 bits per heavy atom. The third-order valence-corrected chi connectivity index (χ3v) is 3.99. The summed E-state index contributed by atoms with van der Waals surface area (Å²) in [5.74, 6) is -1.39. The SMILES string of the molecule is C=CC(=O)OCCCC(=O)OC1C2CC3C(=O)OC1C3O2. The third-order valence-electron chi connectivity index (χ3n) is 3.99. The van der Waals surface area contributed by atoms with Crippen molar-refractivity contribution in [3.05, 3.63) is 12.7 Å². The molecule has 3 aliphatic heterocycles. The van der Waals surface area contributed by atoms with Gasteiger partial charge in [0.25, 0.3) is 0 Å². The van der Waals surface area contributed by atoms with Crippen LogP contribution in [0.3, 0.4) is 0 Å². The maximum atomic E-state index is 11.8. The van der Waals surface area contributed by atoms with E-state index in [-0.39, 0.29) is 37.1 Å². The monoisotopic (exact) mass is 296 g/mol. The molecule has 3 aliphatic rings. The Morgan fingerprint density at radius 2 is 2.19 bits per heavy atom. The summed E-state index contributed by atoms with van der Waals surface area (Å²) in [6.45, 7) is 3.40. The molecule has 5 atom stereocenters. The minimum absolute atomic E-state index is 0.127. The minimum Gasteiger partial charge on any atom is -0.463 e. The molecule has 0 aromatic heterocycles. The van der Waals surface area contributed by atoms with Crippen LogP contribution in [-0.4, -0.2) is 48.9 Å². The average Bonchev–Trinajstić information content (AvgIpc) is 3.08. The van der Waals surface area contributed by atoms with Crippen molar-refractivity contribution in [1.82, 2.24) is 0 Å². The van der Waals surface area contributed by atoms with Gasteiger partial charge in [-0.2, -0.15) is 0 Å². The standard InChI is InChI=1S/C14H16O7/c1-2-9(15)18-5-3-4-10(16)20-12-8-6-7-11(19-8)13(12)21-14(7)17/h2,7-8,11-13H,1,3-6H2. The first-order valence-electron chi connectivity index (χ1n) is 6.95. The summed E-state index contributed by atoms with van der Waals surface area (Å²) < 4.78 is 20.9. The Balaban J connectivity index is 1.43. The molecule has 114 valence electrons. The first-order chi connectivity index (χ1) is 10.1. The van der Waals surface area contributed by atoms with Crippen LogP contribution in [0.5, 0.6) is 0 Å². The van der Waals surface area contributed by atoms with Gasteiger partial charge in [-0.05, 0) is 12.8 Å². The molecule has 0 saturated carbocycles. The minimum atomic E-state index is -0.520. The van der Waals surface area contributed by atoms with Crippen LogP contribution in [0.1, 0.15) is 19.3 Å². The van der Waals surface area contributed by atoms with Crippen molar-refractivity contribution in [1.29, 1.82) is 0 Å². The summed E-state index contributed by atoms with van der Waals surface area (Å²) in [5.41, 5.74) is 0. The Kier molecular flexibility index (Phi) is 3.67. The van der Waals surface area contributed by atoms with Gasteiger partial charge in [0.2, 0.25) is 0 Å². The van der Waals surface area contributed by atoms with Crippen LogP contribution in [0.4, 0.5) is 0 Å².